The van der Waals surface area contributed by atoms with Gasteiger partial charge in [-0.25, -0.2) is 0 Å². The molecule has 0 saturated carbocycles. The highest BCUT2D eigenvalue weighted by atomic mass is 16.5. The highest BCUT2D eigenvalue weighted by molar-refractivity contribution is 6.01. The zero-order valence-electron chi connectivity index (χ0n) is 14.7. The minimum Gasteiger partial charge on any atom is -0.493 e. The first-order valence-corrected chi connectivity index (χ1v) is 7.84. The molecule has 0 atom stereocenters. The number of amides is 1. The van der Waals surface area contributed by atoms with Crippen molar-refractivity contribution in [3.8, 4) is 17.6 Å². The van der Waals surface area contributed by atoms with E-state index in [9.17, 15) is 10.1 Å². The third-order valence-corrected chi connectivity index (χ3v) is 3.12. The highest BCUT2D eigenvalue weighted by Gasteiger charge is 2.14. The SMILES string of the molecule is C=CCc1cc(/C=C(/C#N)C(=O)NC(C)C)cc(OCC)c1OC. The van der Waals surface area contributed by atoms with Gasteiger partial charge in [-0.15, -0.1) is 6.58 Å². The molecule has 0 aliphatic heterocycles. The van der Waals surface area contributed by atoms with Gasteiger partial charge < -0.3 is 14.8 Å². The van der Waals surface area contributed by atoms with Gasteiger partial charge in [-0.3, -0.25) is 4.79 Å². The monoisotopic (exact) mass is 328 g/mol. The molecule has 0 radical (unpaired) electrons. The van der Waals surface area contributed by atoms with Gasteiger partial charge in [0.25, 0.3) is 5.91 Å². The van der Waals surface area contributed by atoms with Crippen LogP contribution in [0.4, 0.5) is 0 Å². The molecule has 0 fully saturated rings. The van der Waals surface area contributed by atoms with Crippen LogP contribution in [-0.2, 0) is 11.2 Å². The fraction of sp³-hybridized carbons (Fsp3) is 0.368. The van der Waals surface area contributed by atoms with Crippen LogP contribution in [0.5, 0.6) is 11.5 Å². The summed E-state index contributed by atoms with van der Waals surface area (Å²) in [6, 6.07) is 5.53. The Kier molecular flexibility index (Phi) is 7.57. The van der Waals surface area contributed by atoms with Crippen molar-refractivity contribution in [3.05, 3.63) is 41.5 Å². The van der Waals surface area contributed by atoms with E-state index in [0.29, 0.717) is 30.1 Å². The van der Waals surface area contributed by atoms with Crippen LogP contribution >= 0.6 is 0 Å². The summed E-state index contributed by atoms with van der Waals surface area (Å²) in [7, 11) is 1.58. The average Bonchev–Trinajstić information content (AvgIpc) is 2.52. The van der Waals surface area contributed by atoms with E-state index in [0.717, 1.165) is 5.56 Å². The molecule has 5 nitrogen and oxygen atoms in total. The molecule has 1 N–H and O–H groups in total. The van der Waals surface area contributed by atoms with E-state index in [-0.39, 0.29) is 11.6 Å². The number of nitrogens with zero attached hydrogens (tertiary/aromatic N) is 1. The van der Waals surface area contributed by atoms with Crippen molar-refractivity contribution >= 4 is 12.0 Å². The van der Waals surface area contributed by atoms with Crippen molar-refractivity contribution in [1.29, 1.82) is 5.26 Å². The molecule has 128 valence electrons. The molecule has 24 heavy (non-hydrogen) atoms. The number of carbonyl (C=O) groups is 1. The van der Waals surface area contributed by atoms with Gasteiger partial charge in [0, 0.05) is 11.6 Å². The molecule has 1 aromatic rings. The number of allylic oxidation sites excluding steroid dienone is 1. The first-order valence-electron chi connectivity index (χ1n) is 7.84. The molecule has 5 heteroatoms. The van der Waals surface area contributed by atoms with Gasteiger partial charge in [0.15, 0.2) is 11.5 Å². The van der Waals surface area contributed by atoms with Crippen molar-refractivity contribution in [3.63, 3.8) is 0 Å². The van der Waals surface area contributed by atoms with Crippen molar-refractivity contribution in [2.75, 3.05) is 13.7 Å². The minimum atomic E-state index is -0.397. The molecule has 0 unspecified atom stereocenters. The second-order valence-corrected chi connectivity index (χ2v) is 5.44. The van der Waals surface area contributed by atoms with E-state index in [1.165, 1.54) is 0 Å². The lowest BCUT2D eigenvalue weighted by atomic mass is 10.0. The molecule has 0 bridgehead atoms. The van der Waals surface area contributed by atoms with Crippen LogP contribution in [0.1, 0.15) is 31.9 Å². The van der Waals surface area contributed by atoms with Crippen LogP contribution in [0.3, 0.4) is 0 Å². The molecule has 0 aliphatic carbocycles. The van der Waals surface area contributed by atoms with E-state index < -0.39 is 5.91 Å². The lowest BCUT2D eigenvalue weighted by molar-refractivity contribution is -0.117. The van der Waals surface area contributed by atoms with Crippen molar-refractivity contribution in [2.45, 2.75) is 33.2 Å². The smallest absolute Gasteiger partial charge is 0.262 e. The second kappa shape index (κ2) is 9.41. The fourth-order valence-electron chi connectivity index (χ4n) is 2.22. The molecule has 0 aromatic heterocycles. The number of carbonyl (C=O) groups excluding carboxylic acids is 1. The summed E-state index contributed by atoms with van der Waals surface area (Å²) >= 11 is 0. The zero-order valence-corrected chi connectivity index (χ0v) is 14.7. The summed E-state index contributed by atoms with van der Waals surface area (Å²) in [4.78, 5) is 12.1. The Morgan fingerprint density at radius 1 is 1.46 bits per heavy atom. The standard InChI is InChI=1S/C19H24N2O3/c1-6-8-15-9-14(11-17(24-7-2)18(15)23-5)10-16(12-20)19(22)21-13(3)4/h6,9-11,13H,1,7-8H2,2-5H3,(H,21,22)/b16-10-. The van der Waals surface area contributed by atoms with E-state index in [2.05, 4.69) is 11.9 Å². The quantitative estimate of drug-likeness (QED) is 0.452. The van der Waals surface area contributed by atoms with Gasteiger partial charge >= 0.3 is 0 Å². The van der Waals surface area contributed by atoms with Crippen LogP contribution in [0, 0.1) is 11.3 Å². The van der Waals surface area contributed by atoms with Crippen LogP contribution < -0.4 is 14.8 Å². The Morgan fingerprint density at radius 3 is 2.67 bits per heavy atom. The Labute approximate surface area is 143 Å². The molecular weight excluding hydrogens is 304 g/mol. The number of nitriles is 1. The number of methoxy groups -OCH3 is 1. The van der Waals surface area contributed by atoms with Gasteiger partial charge in [0.1, 0.15) is 11.6 Å². The molecule has 1 amide bonds. The van der Waals surface area contributed by atoms with Gasteiger partial charge in [-0.05, 0) is 51.0 Å². The fourth-order valence-corrected chi connectivity index (χ4v) is 2.22. The molecule has 0 saturated heterocycles. The summed E-state index contributed by atoms with van der Waals surface area (Å²) in [6.07, 6.45) is 3.90. The Hall–Kier alpha value is -2.74. The molecule has 0 aliphatic rings. The maximum atomic E-state index is 12.1. The number of hydrogen-bond acceptors (Lipinski definition) is 4. The Bertz CT molecular complexity index is 670. The minimum absolute atomic E-state index is 0.0413. The molecular formula is C19H24N2O3. The summed E-state index contributed by atoms with van der Waals surface area (Å²) in [5.41, 5.74) is 1.62. The van der Waals surface area contributed by atoms with Gasteiger partial charge in [-0.2, -0.15) is 5.26 Å². The highest BCUT2D eigenvalue weighted by Crippen LogP contribution is 2.34. The number of ether oxygens (including phenoxy) is 2. The number of benzene rings is 1. The zero-order chi connectivity index (χ0) is 18.1. The van der Waals surface area contributed by atoms with Crippen LogP contribution in [0.25, 0.3) is 6.08 Å². The molecule has 1 aromatic carbocycles. The summed E-state index contributed by atoms with van der Waals surface area (Å²) in [6.45, 7) is 9.80. The summed E-state index contributed by atoms with van der Waals surface area (Å²) in [5, 5.41) is 12.0. The van der Waals surface area contributed by atoms with Gasteiger partial charge in [0.05, 0.1) is 13.7 Å². The average molecular weight is 328 g/mol. The van der Waals surface area contributed by atoms with Crippen molar-refractivity contribution in [2.24, 2.45) is 0 Å². The molecule has 0 heterocycles. The summed E-state index contributed by atoms with van der Waals surface area (Å²) < 4.78 is 11.1. The summed E-state index contributed by atoms with van der Waals surface area (Å²) in [5.74, 6) is 0.817. The van der Waals surface area contributed by atoms with Crippen LogP contribution in [-0.4, -0.2) is 25.7 Å². The molecule has 1 rings (SSSR count). The Morgan fingerprint density at radius 2 is 2.17 bits per heavy atom. The molecule has 0 spiro atoms. The van der Waals surface area contributed by atoms with Crippen molar-refractivity contribution < 1.29 is 14.3 Å². The first kappa shape index (κ1) is 19.3. The van der Waals surface area contributed by atoms with E-state index >= 15 is 0 Å². The van der Waals surface area contributed by atoms with Gasteiger partial charge in [0.2, 0.25) is 0 Å². The van der Waals surface area contributed by atoms with E-state index in [1.807, 2.05) is 32.9 Å². The van der Waals surface area contributed by atoms with E-state index in [4.69, 9.17) is 9.47 Å². The number of nitrogens with one attached hydrogen (secondary N) is 1. The van der Waals surface area contributed by atoms with Gasteiger partial charge in [-0.1, -0.05) is 6.08 Å². The van der Waals surface area contributed by atoms with E-state index in [1.54, 1.807) is 25.3 Å². The first-order chi connectivity index (χ1) is 11.5. The predicted octanol–water partition coefficient (Wildman–Crippen LogP) is 3.25. The van der Waals surface area contributed by atoms with Crippen LogP contribution in [0.2, 0.25) is 0 Å². The lowest BCUT2D eigenvalue weighted by Crippen LogP contribution is -2.30. The maximum Gasteiger partial charge on any atom is 0.262 e. The third-order valence-electron chi connectivity index (χ3n) is 3.12. The largest absolute Gasteiger partial charge is 0.493 e. The Balaban J connectivity index is 3.36. The lowest BCUT2D eigenvalue weighted by Gasteiger charge is -2.14. The van der Waals surface area contributed by atoms with Crippen molar-refractivity contribution in [1.82, 2.24) is 5.32 Å². The number of rotatable bonds is 8. The second-order valence-electron chi connectivity index (χ2n) is 5.44. The maximum absolute atomic E-state index is 12.1. The van der Waals surface area contributed by atoms with Crippen LogP contribution in [0.15, 0.2) is 30.4 Å². The topological polar surface area (TPSA) is 71.4 Å². The normalized spacial score (nSPS) is 10.9. The third kappa shape index (κ3) is 5.17. The number of hydrogen-bond donors (Lipinski definition) is 1. The predicted molar refractivity (Wildman–Crippen MR) is 94.9 cm³/mol.